The van der Waals surface area contributed by atoms with Gasteiger partial charge in [0.15, 0.2) is 5.96 Å². The van der Waals surface area contributed by atoms with Crippen molar-refractivity contribution in [2.24, 2.45) is 4.99 Å². The number of oxazole rings is 1. The molecule has 1 unspecified atom stereocenters. The molecule has 7 heteroatoms. The molecule has 3 rings (SSSR count). The maximum absolute atomic E-state index is 5.58. The Morgan fingerprint density at radius 3 is 2.80 bits per heavy atom. The van der Waals surface area contributed by atoms with Crippen LogP contribution in [0.3, 0.4) is 0 Å². The average molecular weight is 472 g/mol. The summed E-state index contributed by atoms with van der Waals surface area (Å²) in [6.07, 6.45) is 4.31. The van der Waals surface area contributed by atoms with E-state index in [1.165, 1.54) is 24.2 Å². The number of rotatable bonds is 5. The Bertz CT molecular complexity index is 681. The molecule has 0 radical (unpaired) electrons. The molecular weight excluding hydrogens is 447 g/mol. The number of nitrogens with one attached hydrogen (secondary N) is 2. The minimum atomic E-state index is 0. The van der Waals surface area contributed by atoms with Crippen molar-refractivity contribution in [3.63, 3.8) is 0 Å². The molecule has 1 aromatic heterocycles. The Kier molecular flexibility index (Phi) is 8.08. The Morgan fingerprint density at radius 1 is 1.32 bits per heavy atom. The minimum absolute atomic E-state index is 0. The Morgan fingerprint density at radius 2 is 2.12 bits per heavy atom. The average Bonchev–Trinajstić information content (AvgIpc) is 3.27. The lowest BCUT2D eigenvalue weighted by Crippen LogP contribution is -2.39. The zero-order valence-electron chi connectivity index (χ0n) is 14.6. The molecule has 1 aromatic carbocycles. The topological polar surface area (TPSA) is 62.5 Å². The monoisotopic (exact) mass is 472 g/mol. The van der Waals surface area contributed by atoms with Crippen molar-refractivity contribution in [2.45, 2.75) is 31.6 Å². The summed E-state index contributed by atoms with van der Waals surface area (Å²) in [5, 5.41) is 7.37. The van der Waals surface area contributed by atoms with Crippen molar-refractivity contribution in [2.75, 3.05) is 19.3 Å². The summed E-state index contributed by atoms with van der Waals surface area (Å²) < 4.78 is 5.58. The van der Waals surface area contributed by atoms with Crippen molar-refractivity contribution in [1.29, 1.82) is 0 Å². The number of aromatic nitrogens is 1. The molecule has 2 aromatic rings. The van der Waals surface area contributed by atoms with Crippen LogP contribution in [-0.4, -0.2) is 35.5 Å². The van der Waals surface area contributed by atoms with Crippen molar-refractivity contribution in [1.82, 2.24) is 15.6 Å². The van der Waals surface area contributed by atoms with E-state index in [0.717, 1.165) is 23.8 Å². The van der Waals surface area contributed by atoms with Crippen LogP contribution in [0.5, 0.6) is 0 Å². The van der Waals surface area contributed by atoms with E-state index in [2.05, 4.69) is 39.7 Å². The van der Waals surface area contributed by atoms with Gasteiger partial charge in [-0.05, 0) is 37.7 Å². The maximum atomic E-state index is 5.58. The molecule has 1 aliphatic rings. The SMILES string of the molecule is CN=C(NCc1coc(-c2ccc(C)cc2)n1)NCC1CCCS1.I. The highest BCUT2D eigenvalue weighted by Gasteiger charge is 2.15. The first kappa shape index (κ1) is 20.1. The number of thioether (sulfide) groups is 1. The second-order valence-electron chi connectivity index (χ2n) is 5.95. The Hall–Kier alpha value is -1.22. The molecule has 1 atom stereocenters. The zero-order valence-corrected chi connectivity index (χ0v) is 17.8. The van der Waals surface area contributed by atoms with E-state index in [1.807, 2.05) is 23.9 Å². The molecule has 0 amide bonds. The second kappa shape index (κ2) is 10.1. The number of halogens is 1. The van der Waals surface area contributed by atoms with E-state index in [-0.39, 0.29) is 24.0 Å². The number of nitrogens with zero attached hydrogens (tertiary/aromatic N) is 2. The third kappa shape index (κ3) is 5.91. The van der Waals surface area contributed by atoms with Crippen molar-refractivity contribution in [3.8, 4) is 11.5 Å². The first-order valence-electron chi connectivity index (χ1n) is 8.32. The van der Waals surface area contributed by atoms with Gasteiger partial charge in [-0.15, -0.1) is 24.0 Å². The molecule has 2 heterocycles. The maximum Gasteiger partial charge on any atom is 0.226 e. The zero-order chi connectivity index (χ0) is 16.8. The standard InChI is InChI=1S/C18H24N4OS.HI/c1-13-5-7-14(8-6-13)17-22-15(12-23-17)10-20-18(19-2)21-11-16-4-3-9-24-16;/h5-8,12,16H,3-4,9-11H2,1-2H3,(H2,19,20,21);1H. The molecule has 1 aliphatic heterocycles. The summed E-state index contributed by atoms with van der Waals surface area (Å²) in [6.45, 7) is 3.61. The van der Waals surface area contributed by atoms with Crippen molar-refractivity contribution >= 4 is 41.7 Å². The first-order valence-corrected chi connectivity index (χ1v) is 9.37. The quantitative estimate of drug-likeness (QED) is 0.394. The smallest absolute Gasteiger partial charge is 0.226 e. The predicted octanol–water partition coefficient (Wildman–Crippen LogP) is 3.83. The first-order chi connectivity index (χ1) is 11.7. The van der Waals surface area contributed by atoms with Crippen LogP contribution >= 0.6 is 35.7 Å². The summed E-state index contributed by atoms with van der Waals surface area (Å²) in [4.78, 5) is 8.80. The van der Waals surface area contributed by atoms with Crippen LogP contribution in [-0.2, 0) is 6.54 Å². The lowest BCUT2D eigenvalue weighted by molar-refractivity contribution is 0.572. The summed E-state index contributed by atoms with van der Waals surface area (Å²) in [6, 6.07) is 8.17. The fourth-order valence-electron chi connectivity index (χ4n) is 2.63. The van der Waals surface area contributed by atoms with Crippen LogP contribution in [0.2, 0.25) is 0 Å². The summed E-state index contributed by atoms with van der Waals surface area (Å²) in [5.74, 6) is 2.73. The van der Waals surface area contributed by atoms with Gasteiger partial charge >= 0.3 is 0 Å². The number of guanidine groups is 1. The molecule has 2 N–H and O–H groups in total. The van der Waals surface area contributed by atoms with Gasteiger partial charge in [0.05, 0.1) is 12.2 Å². The number of aliphatic imine (C=N–C) groups is 1. The van der Waals surface area contributed by atoms with Crippen molar-refractivity contribution in [3.05, 3.63) is 41.8 Å². The van der Waals surface area contributed by atoms with E-state index in [0.29, 0.717) is 17.7 Å². The van der Waals surface area contributed by atoms with Gasteiger partial charge in [0.2, 0.25) is 5.89 Å². The highest BCUT2D eigenvalue weighted by molar-refractivity contribution is 14.0. The van der Waals surface area contributed by atoms with Crippen LogP contribution in [0.4, 0.5) is 0 Å². The molecule has 5 nitrogen and oxygen atoms in total. The van der Waals surface area contributed by atoms with Crippen LogP contribution in [0.25, 0.3) is 11.5 Å². The fraction of sp³-hybridized carbons (Fsp3) is 0.444. The molecule has 0 aliphatic carbocycles. The van der Waals surface area contributed by atoms with E-state index >= 15 is 0 Å². The van der Waals surface area contributed by atoms with Gasteiger partial charge in [-0.1, -0.05) is 17.7 Å². The van der Waals surface area contributed by atoms with Crippen LogP contribution in [0, 0.1) is 6.92 Å². The minimum Gasteiger partial charge on any atom is -0.444 e. The van der Waals surface area contributed by atoms with Gasteiger partial charge in [0.1, 0.15) is 6.26 Å². The van der Waals surface area contributed by atoms with Crippen LogP contribution in [0.1, 0.15) is 24.1 Å². The molecule has 1 fully saturated rings. The largest absolute Gasteiger partial charge is 0.444 e. The lowest BCUT2D eigenvalue weighted by Gasteiger charge is -2.14. The molecule has 136 valence electrons. The fourth-order valence-corrected chi connectivity index (χ4v) is 3.83. The molecule has 0 saturated carbocycles. The summed E-state index contributed by atoms with van der Waals surface area (Å²) in [5.41, 5.74) is 3.08. The molecule has 1 saturated heterocycles. The number of hydrogen-bond acceptors (Lipinski definition) is 4. The van der Waals surface area contributed by atoms with E-state index < -0.39 is 0 Å². The van der Waals surface area contributed by atoms with Crippen LogP contribution in [0.15, 0.2) is 39.9 Å². The van der Waals surface area contributed by atoms with Gasteiger partial charge in [0.25, 0.3) is 0 Å². The third-order valence-corrected chi connectivity index (χ3v) is 5.43. The normalized spacial score (nSPS) is 17.2. The third-order valence-electron chi connectivity index (χ3n) is 4.03. The van der Waals surface area contributed by atoms with E-state index in [1.54, 1.807) is 13.3 Å². The number of hydrogen-bond donors (Lipinski definition) is 2. The molecule has 25 heavy (non-hydrogen) atoms. The highest BCUT2D eigenvalue weighted by atomic mass is 127. The number of aryl methyl sites for hydroxylation is 1. The van der Waals surface area contributed by atoms with E-state index in [4.69, 9.17) is 4.42 Å². The Balaban J connectivity index is 0.00000225. The van der Waals surface area contributed by atoms with Gasteiger partial charge < -0.3 is 15.1 Å². The predicted molar refractivity (Wildman–Crippen MR) is 116 cm³/mol. The molecule has 0 bridgehead atoms. The van der Waals surface area contributed by atoms with Crippen LogP contribution < -0.4 is 10.6 Å². The Labute approximate surface area is 170 Å². The van der Waals surface area contributed by atoms with Gasteiger partial charge in [0, 0.05) is 24.4 Å². The van der Waals surface area contributed by atoms with Gasteiger partial charge in [-0.25, -0.2) is 4.98 Å². The van der Waals surface area contributed by atoms with Crippen molar-refractivity contribution < 1.29 is 4.42 Å². The summed E-state index contributed by atoms with van der Waals surface area (Å²) in [7, 11) is 1.79. The summed E-state index contributed by atoms with van der Waals surface area (Å²) >= 11 is 2.04. The second-order valence-corrected chi connectivity index (χ2v) is 7.36. The van der Waals surface area contributed by atoms with Gasteiger partial charge in [-0.2, -0.15) is 11.8 Å². The van der Waals surface area contributed by atoms with E-state index in [9.17, 15) is 0 Å². The van der Waals surface area contributed by atoms with Gasteiger partial charge in [-0.3, -0.25) is 4.99 Å². The lowest BCUT2D eigenvalue weighted by atomic mass is 10.1. The number of benzene rings is 1. The highest BCUT2D eigenvalue weighted by Crippen LogP contribution is 2.25. The molecular formula is C18H25IN4OS. The molecule has 0 spiro atoms.